The summed E-state index contributed by atoms with van der Waals surface area (Å²) < 4.78 is 0. The number of guanidine groups is 1. The Kier molecular flexibility index (Phi) is 5.58. The molecule has 0 amide bonds. The molecule has 23 heavy (non-hydrogen) atoms. The molecule has 0 aliphatic heterocycles. The minimum absolute atomic E-state index is 0.0713. The van der Waals surface area contributed by atoms with Crippen LogP contribution in [-0.2, 0) is 5.41 Å². The summed E-state index contributed by atoms with van der Waals surface area (Å²) in [6.07, 6.45) is 2.39. The summed E-state index contributed by atoms with van der Waals surface area (Å²) in [5.41, 5.74) is 1.60. The molecule has 2 N–H and O–H groups in total. The number of nitrogens with zero attached hydrogens (tertiary/aromatic N) is 2. The number of likely N-dealkylation sites (N-methyl/N-ethyl adjacent to an activating group) is 1. The smallest absolute Gasteiger partial charge is 0.191 e. The summed E-state index contributed by atoms with van der Waals surface area (Å²) in [5, 5.41) is 7.71. The molecule has 1 aromatic carbocycles. The van der Waals surface area contributed by atoms with Crippen LogP contribution in [0.1, 0.15) is 32.3 Å². The molecule has 0 atom stereocenters. The Hall–Kier alpha value is -1.26. The van der Waals surface area contributed by atoms with Crippen LogP contribution in [0.15, 0.2) is 29.3 Å². The van der Waals surface area contributed by atoms with E-state index in [1.54, 1.807) is 0 Å². The normalized spacial score (nSPS) is 17.3. The lowest BCUT2D eigenvalue weighted by atomic mass is 9.96. The number of halogens is 1. The molecular weight excluding hydrogens is 308 g/mol. The standard InChI is InChI=1S/C18H29ClN4/c1-17(2,23(4)5)12-21-16(20-3)22-13-18(9-10-18)14-7-6-8-15(19)11-14/h6-8,11H,9-10,12-13H2,1-5H3,(H2,20,21,22). The molecule has 1 fully saturated rings. The summed E-state index contributed by atoms with van der Waals surface area (Å²) in [6, 6.07) is 8.22. The van der Waals surface area contributed by atoms with Crippen molar-refractivity contribution in [3.8, 4) is 0 Å². The van der Waals surface area contributed by atoms with E-state index in [0.29, 0.717) is 0 Å². The van der Waals surface area contributed by atoms with Crippen molar-refractivity contribution in [2.45, 2.75) is 37.6 Å². The zero-order valence-electron chi connectivity index (χ0n) is 14.9. The Labute approximate surface area is 145 Å². The van der Waals surface area contributed by atoms with Crippen molar-refractivity contribution >= 4 is 17.6 Å². The van der Waals surface area contributed by atoms with E-state index in [1.165, 1.54) is 18.4 Å². The molecule has 1 saturated carbocycles. The lowest BCUT2D eigenvalue weighted by Gasteiger charge is -2.33. The van der Waals surface area contributed by atoms with Crippen molar-refractivity contribution in [2.75, 3.05) is 34.2 Å². The number of benzene rings is 1. The van der Waals surface area contributed by atoms with Crippen LogP contribution >= 0.6 is 11.6 Å². The Balaban J connectivity index is 1.91. The maximum Gasteiger partial charge on any atom is 0.191 e. The molecule has 0 radical (unpaired) electrons. The molecule has 0 spiro atoms. The maximum atomic E-state index is 6.14. The monoisotopic (exact) mass is 336 g/mol. The first-order valence-electron chi connectivity index (χ1n) is 8.17. The van der Waals surface area contributed by atoms with Crippen LogP contribution in [0, 0.1) is 0 Å². The predicted octanol–water partition coefficient (Wildman–Crippen LogP) is 2.88. The highest BCUT2D eigenvalue weighted by Crippen LogP contribution is 2.48. The Bertz CT molecular complexity index is 562. The molecule has 1 aliphatic carbocycles. The fourth-order valence-electron chi connectivity index (χ4n) is 2.47. The van der Waals surface area contributed by atoms with Crippen LogP contribution in [-0.4, -0.2) is 50.6 Å². The number of hydrogen-bond donors (Lipinski definition) is 2. The molecule has 4 nitrogen and oxygen atoms in total. The van der Waals surface area contributed by atoms with Crippen molar-refractivity contribution in [1.82, 2.24) is 15.5 Å². The van der Waals surface area contributed by atoms with Gasteiger partial charge in [0.15, 0.2) is 5.96 Å². The van der Waals surface area contributed by atoms with Crippen molar-refractivity contribution in [3.63, 3.8) is 0 Å². The molecular formula is C18H29ClN4. The molecule has 2 rings (SSSR count). The molecule has 0 unspecified atom stereocenters. The van der Waals surface area contributed by atoms with Crippen LogP contribution in [0.5, 0.6) is 0 Å². The number of nitrogens with one attached hydrogen (secondary N) is 2. The summed E-state index contributed by atoms with van der Waals surface area (Å²) >= 11 is 6.14. The van der Waals surface area contributed by atoms with Gasteiger partial charge in [-0.1, -0.05) is 23.7 Å². The second kappa shape index (κ2) is 7.10. The second-order valence-electron chi connectivity index (χ2n) is 7.28. The minimum Gasteiger partial charge on any atom is -0.356 e. The highest BCUT2D eigenvalue weighted by atomic mass is 35.5. The summed E-state index contributed by atoms with van der Waals surface area (Å²) in [7, 11) is 6.00. The molecule has 0 bridgehead atoms. The molecule has 0 aromatic heterocycles. The van der Waals surface area contributed by atoms with E-state index in [-0.39, 0.29) is 11.0 Å². The zero-order valence-corrected chi connectivity index (χ0v) is 15.7. The number of aliphatic imine (C=N–C) groups is 1. The first kappa shape index (κ1) is 18.1. The Morgan fingerprint density at radius 2 is 2.00 bits per heavy atom. The van der Waals surface area contributed by atoms with Crippen LogP contribution in [0.25, 0.3) is 0 Å². The van der Waals surface area contributed by atoms with Crippen molar-refractivity contribution < 1.29 is 0 Å². The molecule has 0 saturated heterocycles. The molecule has 5 heteroatoms. The average Bonchev–Trinajstić information content (AvgIpc) is 3.28. The van der Waals surface area contributed by atoms with Gasteiger partial charge in [0.1, 0.15) is 0 Å². The van der Waals surface area contributed by atoms with Gasteiger partial charge in [-0.15, -0.1) is 0 Å². The lowest BCUT2D eigenvalue weighted by molar-refractivity contribution is 0.197. The number of hydrogen-bond acceptors (Lipinski definition) is 2. The molecule has 1 aliphatic rings. The van der Waals surface area contributed by atoms with E-state index >= 15 is 0 Å². The highest BCUT2D eigenvalue weighted by Gasteiger charge is 2.44. The third kappa shape index (κ3) is 4.61. The van der Waals surface area contributed by atoms with Gasteiger partial charge in [0.25, 0.3) is 0 Å². The van der Waals surface area contributed by atoms with Gasteiger partial charge in [-0.05, 0) is 58.5 Å². The van der Waals surface area contributed by atoms with Crippen LogP contribution < -0.4 is 10.6 Å². The summed E-state index contributed by atoms with van der Waals surface area (Å²) in [6.45, 7) is 6.14. The van der Waals surface area contributed by atoms with Gasteiger partial charge in [0, 0.05) is 36.1 Å². The van der Waals surface area contributed by atoms with Crippen LogP contribution in [0.2, 0.25) is 5.02 Å². The maximum absolute atomic E-state index is 6.14. The number of rotatable bonds is 6. The van der Waals surface area contributed by atoms with Crippen LogP contribution in [0.4, 0.5) is 0 Å². The second-order valence-corrected chi connectivity index (χ2v) is 7.71. The van der Waals surface area contributed by atoms with Gasteiger partial charge in [0.05, 0.1) is 0 Å². The fourth-order valence-corrected chi connectivity index (χ4v) is 2.66. The van der Waals surface area contributed by atoms with E-state index < -0.39 is 0 Å². The first-order valence-corrected chi connectivity index (χ1v) is 8.55. The minimum atomic E-state index is 0.0713. The Morgan fingerprint density at radius 3 is 2.52 bits per heavy atom. The van der Waals surface area contributed by atoms with Crippen molar-refractivity contribution in [3.05, 3.63) is 34.9 Å². The van der Waals surface area contributed by atoms with E-state index in [9.17, 15) is 0 Å². The van der Waals surface area contributed by atoms with Crippen LogP contribution in [0.3, 0.4) is 0 Å². The van der Waals surface area contributed by atoms with Gasteiger partial charge in [-0.3, -0.25) is 4.99 Å². The quantitative estimate of drug-likeness (QED) is 0.620. The fraction of sp³-hybridized carbons (Fsp3) is 0.611. The largest absolute Gasteiger partial charge is 0.356 e. The average molecular weight is 337 g/mol. The van der Waals surface area contributed by atoms with Crippen molar-refractivity contribution in [1.29, 1.82) is 0 Å². The van der Waals surface area contributed by atoms with E-state index in [2.05, 4.69) is 60.6 Å². The molecule has 1 aromatic rings. The highest BCUT2D eigenvalue weighted by molar-refractivity contribution is 6.30. The lowest BCUT2D eigenvalue weighted by Crippen LogP contribution is -2.51. The van der Waals surface area contributed by atoms with E-state index in [4.69, 9.17) is 11.6 Å². The van der Waals surface area contributed by atoms with Gasteiger partial charge >= 0.3 is 0 Å². The van der Waals surface area contributed by atoms with E-state index in [0.717, 1.165) is 24.1 Å². The molecule has 128 valence electrons. The van der Waals surface area contributed by atoms with Gasteiger partial charge in [0.2, 0.25) is 0 Å². The third-order valence-electron chi connectivity index (χ3n) is 5.01. The molecule has 0 heterocycles. The SMILES string of the molecule is CN=C(NCC1(c2cccc(Cl)c2)CC1)NCC(C)(C)N(C)C. The topological polar surface area (TPSA) is 39.7 Å². The Morgan fingerprint density at radius 1 is 1.30 bits per heavy atom. The zero-order chi connectivity index (χ0) is 17.1. The first-order chi connectivity index (χ1) is 10.8. The third-order valence-corrected chi connectivity index (χ3v) is 5.24. The van der Waals surface area contributed by atoms with E-state index in [1.807, 2.05) is 19.2 Å². The van der Waals surface area contributed by atoms with Gasteiger partial charge in [-0.2, -0.15) is 0 Å². The van der Waals surface area contributed by atoms with Gasteiger partial charge in [-0.25, -0.2) is 0 Å². The van der Waals surface area contributed by atoms with Crippen molar-refractivity contribution in [2.24, 2.45) is 4.99 Å². The summed E-state index contributed by atoms with van der Waals surface area (Å²) in [5.74, 6) is 0.855. The predicted molar refractivity (Wildman–Crippen MR) is 99.5 cm³/mol. The summed E-state index contributed by atoms with van der Waals surface area (Å²) in [4.78, 5) is 6.55. The van der Waals surface area contributed by atoms with Gasteiger partial charge < -0.3 is 15.5 Å².